The number of carbonyl (C=O) groups is 1. The largest absolute Gasteiger partial charge is 3.00 e. The maximum Gasteiger partial charge on any atom is 3.00 e. The smallest absolute Gasteiger partial charge is 0.469 e. The molecule has 1 aromatic rings. The van der Waals surface area contributed by atoms with Crippen molar-refractivity contribution in [1.29, 1.82) is 0 Å². The van der Waals surface area contributed by atoms with Gasteiger partial charge in [-0.25, -0.2) is 4.39 Å². The topological polar surface area (TPSA) is 29.5 Å². The molecule has 2 aliphatic rings. The van der Waals surface area contributed by atoms with Crippen LogP contribution in [-0.2, 0) is 42.2 Å². The van der Waals surface area contributed by atoms with Gasteiger partial charge in [0.05, 0.1) is 13.0 Å². The van der Waals surface area contributed by atoms with E-state index >= 15 is 0 Å². The van der Waals surface area contributed by atoms with Gasteiger partial charge < -0.3 is 4.74 Å². The van der Waals surface area contributed by atoms with Gasteiger partial charge >= 0.3 is 38.7 Å². The van der Waals surface area contributed by atoms with Crippen molar-refractivity contribution in [3.05, 3.63) is 48.0 Å². The maximum atomic E-state index is 12.5. The van der Waals surface area contributed by atoms with Crippen molar-refractivity contribution < 1.29 is 46.6 Å². The molecule has 24 heavy (non-hydrogen) atoms. The molecule has 0 saturated carbocycles. The molecular formula is C19H23FNO2Y+2. The summed E-state index contributed by atoms with van der Waals surface area (Å²) in [5.41, 5.74) is 1.19. The molecule has 2 saturated heterocycles. The number of alkyl halides is 1. The number of allylic oxidation sites excluding steroid dienone is 1. The summed E-state index contributed by atoms with van der Waals surface area (Å²) in [4.78, 5) is 14.8. The van der Waals surface area contributed by atoms with Crippen molar-refractivity contribution >= 4 is 5.97 Å². The number of hydrogen-bond donors (Lipinski definition) is 0. The third kappa shape index (κ3) is 3.97. The number of ether oxygens (including phenoxy) is 1. The van der Waals surface area contributed by atoms with E-state index in [1.54, 1.807) is 6.08 Å². The molecule has 0 aliphatic carbocycles. The zero-order valence-electron chi connectivity index (χ0n) is 14.0. The zero-order chi connectivity index (χ0) is 16.2. The molecule has 1 aromatic carbocycles. The van der Waals surface area contributed by atoms with Crippen LogP contribution in [0.1, 0.15) is 30.7 Å². The van der Waals surface area contributed by atoms with Crippen LogP contribution in [0.15, 0.2) is 36.4 Å². The standard InChI is InChI=1S/C19H23FNO2.Y/c1-23-19(22)18-16(14-7-3-2-4-8-14)13-15-9-10-17(18)21(15)12-6-5-11-20;/h3-8,15-18H,9-13H2,1H3;/q-1;+3/b6-5+;. The minimum absolute atomic E-state index is 0. The summed E-state index contributed by atoms with van der Waals surface area (Å²) in [6.45, 7) is 0.273. The van der Waals surface area contributed by atoms with Crippen molar-refractivity contribution in [1.82, 2.24) is 4.90 Å². The molecule has 0 N–H and O–H groups in total. The van der Waals surface area contributed by atoms with Crippen LogP contribution in [0.3, 0.4) is 0 Å². The van der Waals surface area contributed by atoms with Crippen molar-refractivity contribution in [2.45, 2.75) is 37.3 Å². The molecule has 3 nitrogen and oxygen atoms in total. The van der Waals surface area contributed by atoms with Gasteiger partial charge in [-0.15, -0.1) is 0 Å². The normalized spacial score (nSPS) is 29.4. The average molecular weight is 405 g/mol. The average Bonchev–Trinajstić information content (AvgIpc) is 2.87. The van der Waals surface area contributed by atoms with Gasteiger partial charge in [-0.1, -0.05) is 12.2 Å². The second-order valence-electron chi connectivity index (χ2n) is 6.35. The predicted molar refractivity (Wildman–Crippen MR) is 86.8 cm³/mol. The first-order valence-corrected chi connectivity index (χ1v) is 8.26. The van der Waals surface area contributed by atoms with Crippen LogP contribution in [0.2, 0.25) is 0 Å². The van der Waals surface area contributed by atoms with Crippen molar-refractivity contribution in [3.8, 4) is 0 Å². The third-order valence-electron chi connectivity index (χ3n) is 5.28. The van der Waals surface area contributed by atoms with Crippen LogP contribution < -0.4 is 0 Å². The molecule has 0 spiro atoms. The van der Waals surface area contributed by atoms with E-state index in [-0.39, 0.29) is 56.6 Å². The fourth-order valence-corrected chi connectivity index (χ4v) is 4.30. The Hall–Kier alpha value is -0.576. The Morgan fingerprint density at radius 1 is 1.38 bits per heavy atom. The second kappa shape index (κ2) is 9.21. The molecule has 2 heterocycles. The Kier molecular flexibility index (Phi) is 7.58. The maximum absolute atomic E-state index is 12.5. The molecule has 2 aliphatic heterocycles. The van der Waals surface area contributed by atoms with E-state index in [0.717, 1.165) is 19.3 Å². The number of methoxy groups -OCH3 is 1. The van der Waals surface area contributed by atoms with Gasteiger partial charge in [0.25, 0.3) is 0 Å². The molecule has 4 unspecified atom stereocenters. The van der Waals surface area contributed by atoms with E-state index in [2.05, 4.69) is 23.1 Å². The predicted octanol–water partition coefficient (Wildman–Crippen LogP) is 3.12. The van der Waals surface area contributed by atoms with Crippen LogP contribution in [0.4, 0.5) is 4.39 Å². The number of benzene rings is 1. The van der Waals surface area contributed by atoms with Gasteiger partial charge in [0.1, 0.15) is 6.67 Å². The summed E-state index contributed by atoms with van der Waals surface area (Å²) < 4.78 is 17.4. The van der Waals surface area contributed by atoms with Crippen molar-refractivity contribution in [2.24, 2.45) is 5.92 Å². The number of piperidine rings is 1. The molecule has 0 amide bonds. The van der Waals surface area contributed by atoms with E-state index in [4.69, 9.17) is 4.74 Å². The van der Waals surface area contributed by atoms with E-state index < -0.39 is 6.67 Å². The summed E-state index contributed by atoms with van der Waals surface area (Å²) in [5.74, 6) is -0.0939. The molecule has 3 rings (SSSR count). The number of carbonyl (C=O) groups excluding carboxylic acids is 1. The first-order chi connectivity index (χ1) is 11.3. The Morgan fingerprint density at radius 3 is 2.79 bits per heavy atom. The number of rotatable bonds is 5. The van der Waals surface area contributed by atoms with E-state index in [0.29, 0.717) is 12.6 Å². The summed E-state index contributed by atoms with van der Waals surface area (Å²) in [7, 11) is 1.46. The minimum Gasteiger partial charge on any atom is -0.469 e. The molecular weight excluding hydrogens is 382 g/mol. The molecule has 4 atom stereocenters. The van der Waals surface area contributed by atoms with Gasteiger partial charge in [0.15, 0.2) is 0 Å². The molecule has 0 radical (unpaired) electrons. The molecule has 124 valence electrons. The number of halogens is 1. The Morgan fingerprint density at radius 2 is 2.12 bits per heavy atom. The quantitative estimate of drug-likeness (QED) is 0.428. The van der Waals surface area contributed by atoms with Crippen LogP contribution >= 0.6 is 0 Å². The van der Waals surface area contributed by atoms with Crippen LogP contribution in [0, 0.1) is 12.0 Å². The number of hydrogen-bond acceptors (Lipinski definition) is 3. The summed E-state index contributed by atoms with van der Waals surface area (Å²) in [6, 6.07) is 11.6. The van der Waals surface area contributed by atoms with Gasteiger partial charge in [-0.05, 0) is 25.2 Å². The van der Waals surface area contributed by atoms with Crippen LogP contribution in [-0.4, -0.2) is 43.3 Å². The number of nitrogens with zero attached hydrogens (tertiary/aromatic N) is 1. The van der Waals surface area contributed by atoms with Gasteiger partial charge in [-0.3, -0.25) is 9.69 Å². The monoisotopic (exact) mass is 405 g/mol. The van der Waals surface area contributed by atoms with Crippen LogP contribution in [0.25, 0.3) is 0 Å². The molecule has 5 heteroatoms. The summed E-state index contributed by atoms with van der Waals surface area (Å²) in [5, 5.41) is 0. The number of fused-ring (bicyclic) bond motifs is 2. The molecule has 0 aromatic heterocycles. The number of esters is 1. The van der Waals surface area contributed by atoms with Crippen molar-refractivity contribution in [2.75, 3.05) is 20.3 Å². The van der Waals surface area contributed by atoms with E-state index in [1.165, 1.54) is 12.7 Å². The Balaban J connectivity index is 0.00000208. The van der Waals surface area contributed by atoms with Gasteiger partial charge in [0.2, 0.25) is 0 Å². The zero-order valence-corrected chi connectivity index (χ0v) is 16.9. The second-order valence-corrected chi connectivity index (χ2v) is 6.35. The summed E-state index contributed by atoms with van der Waals surface area (Å²) in [6.07, 6.45) is 6.47. The van der Waals surface area contributed by atoms with Gasteiger partial charge in [0, 0.05) is 18.6 Å². The fourth-order valence-electron chi connectivity index (χ4n) is 4.30. The first kappa shape index (κ1) is 19.7. The van der Waals surface area contributed by atoms with E-state index in [1.807, 2.05) is 18.2 Å². The Bertz CT molecular complexity index is 566. The summed E-state index contributed by atoms with van der Waals surface area (Å²) >= 11 is 0. The SMILES string of the molecule is COC(=O)C1C(c2cc[c-]cc2)CC2CCC1N2C/C=C/CF.[Y+3]. The third-order valence-corrected chi connectivity index (χ3v) is 5.28. The molecule has 2 fully saturated rings. The van der Waals surface area contributed by atoms with Gasteiger partial charge in [-0.2, -0.15) is 35.9 Å². The fraction of sp³-hybridized carbons (Fsp3) is 0.526. The van der Waals surface area contributed by atoms with Crippen molar-refractivity contribution in [3.63, 3.8) is 0 Å². The van der Waals surface area contributed by atoms with Crippen LogP contribution in [0.5, 0.6) is 0 Å². The minimum atomic E-state index is -0.438. The first-order valence-electron chi connectivity index (χ1n) is 8.26. The molecule has 2 bridgehead atoms. The Labute approximate surface area is 168 Å². The van der Waals surface area contributed by atoms with E-state index in [9.17, 15) is 9.18 Å².